The highest BCUT2D eigenvalue weighted by Gasteiger charge is 2.16. The molecule has 3 rings (SSSR count). The van der Waals surface area contributed by atoms with E-state index in [4.69, 9.17) is 0 Å². The van der Waals surface area contributed by atoms with Crippen molar-refractivity contribution >= 4 is 16.9 Å². The lowest BCUT2D eigenvalue weighted by Crippen LogP contribution is -2.38. The molecule has 3 heterocycles. The Morgan fingerprint density at radius 2 is 2.12 bits per heavy atom. The first-order chi connectivity index (χ1) is 11.5. The third kappa shape index (κ3) is 3.04. The van der Waals surface area contributed by atoms with E-state index in [0.29, 0.717) is 24.3 Å². The summed E-state index contributed by atoms with van der Waals surface area (Å²) in [5.41, 5.74) is 0.949. The Morgan fingerprint density at radius 3 is 2.83 bits per heavy atom. The Hall–Kier alpha value is -2.26. The van der Waals surface area contributed by atoms with Crippen molar-refractivity contribution in [3.8, 4) is 0 Å². The van der Waals surface area contributed by atoms with E-state index in [1.165, 1.54) is 17.9 Å². The fourth-order valence-corrected chi connectivity index (χ4v) is 2.95. The van der Waals surface area contributed by atoms with Gasteiger partial charge in [0.2, 0.25) is 0 Å². The maximum atomic E-state index is 12.3. The van der Waals surface area contributed by atoms with Crippen LogP contribution in [0.2, 0.25) is 0 Å². The van der Waals surface area contributed by atoms with Crippen LogP contribution in [0.5, 0.6) is 0 Å². The van der Waals surface area contributed by atoms with E-state index in [1.807, 2.05) is 0 Å². The molecule has 0 spiro atoms. The van der Waals surface area contributed by atoms with E-state index >= 15 is 0 Å². The molecule has 0 aromatic carbocycles. The van der Waals surface area contributed by atoms with Crippen LogP contribution in [0.25, 0.3) is 11.2 Å². The molecule has 1 aliphatic rings. The van der Waals surface area contributed by atoms with Gasteiger partial charge in [0.1, 0.15) is 0 Å². The first-order valence-corrected chi connectivity index (χ1v) is 8.01. The van der Waals surface area contributed by atoms with E-state index in [1.54, 1.807) is 11.6 Å². The highest BCUT2D eigenvalue weighted by atomic mass is 16.3. The Labute approximate surface area is 138 Å². The molecule has 0 bridgehead atoms. The number of fused-ring (bicyclic) bond motifs is 1. The number of aliphatic imine (C=N–C) groups is 1. The van der Waals surface area contributed by atoms with Crippen molar-refractivity contribution in [2.75, 3.05) is 19.6 Å². The predicted molar refractivity (Wildman–Crippen MR) is 90.6 cm³/mol. The highest BCUT2D eigenvalue weighted by molar-refractivity contribution is 5.87. The number of aromatic nitrogens is 4. The topological polar surface area (TPSA) is 106 Å². The summed E-state index contributed by atoms with van der Waals surface area (Å²) in [6, 6.07) is 0. The predicted octanol–water partition coefficient (Wildman–Crippen LogP) is -1.38. The number of hydrogen-bond acceptors (Lipinski definition) is 6. The molecule has 1 aliphatic heterocycles. The van der Waals surface area contributed by atoms with Crippen molar-refractivity contribution in [3.63, 3.8) is 0 Å². The van der Waals surface area contributed by atoms with Gasteiger partial charge in [-0.1, -0.05) is 0 Å². The van der Waals surface area contributed by atoms with E-state index in [2.05, 4.69) is 15.3 Å². The molecular weight excluding hydrogens is 312 g/mol. The third-order valence-corrected chi connectivity index (χ3v) is 4.29. The molecule has 24 heavy (non-hydrogen) atoms. The van der Waals surface area contributed by atoms with Crippen LogP contribution in [0.3, 0.4) is 0 Å². The SMILES string of the molecule is Cn1c(=O)c2c(ncn2CC(O)CNCC2=NCCC2)n(C)c1=O. The van der Waals surface area contributed by atoms with Gasteiger partial charge < -0.3 is 15.0 Å². The average Bonchev–Trinajstić information content (AvgIpc) is 3.21. The maximum absolute atomic E-state index is 12.3. The van der Waals surface area contributed by atoms with Gasteiger partial charge in [0.25, 0.3) is 5.56 Å². The van der Waals surface area contributed by atoms with E-state index in [0.717, 1.165) is 29.7 Å². The van der Waals surface area contributed by atoms with Gasteiger partial charge in [-0.3, -0.25) is 18.9 Å². The van der Waals surface area contributed by atoms with Crippen molar-refractivity contribution in [3.05, 3.63) is 27.2 Å². The van der Waals surface area contributed by atoms with Crippen LogP contribution >= 0.6 is 0 Å². The van der Waals surface area contributed by atoms with Crippen LogP contribution in [0.1, 0.15) is 12.8 Å². The van der Waals surface area contributed by atoms with Gasteiger partial charge in [-0.2, -0.15) is 0 Å². The Kier molecular flexibility index (Phi) is 4.63. The molecule has 1 atom stereocenters. The monoisotopic (exact) mass is 334 g/mol. The minimum Gasteiger partial charge on any atom is -0.390 e. The summed E-state index contributed by atoms with van der Waals surface area (Å²) in [6.07, 6.45) is 2.92. The molecule has 0 saturated heterocycles. The van der Waals surface area contributed by atoms with Crippen LogP contribution in [0, 0.1) is 0 Å². The van der Waals surface area contributed by atoms with Crippen LogP contribution in [-0.4, -0.2) is 55.2 Å². The van der Waals surface area contributed by atoms with Crippen molar-refractivity contribution in [1.82, 2.24) is 24.0 Å². The van der Waals surface area contributed by atoms with Gasteiger partial charge in [0.15, 0.2) is 11.2 Å². The number of nitrogens with zero attached hydrogens (tertiary/aromatic N) is 5. The van der Waals surface area contributed by atoms with Gasteiger partial charge in [0, 0.05) is 39.4 Å². The molecule has 0 fully saturated rings. The second-order valence-electron chi connectivity index (χ2n) is 6.11. The summed E-state index contributed by atoms with van der Waals surface area (Å²) in [4.78, 5) is 32.7. The number of rotatable bonds is 6. The van der Waals surface area contributed by atoms with Crippen LogP contribution in [0.4, 0.5) is 0 Å². The standard InChI is InChI=1S/C15H22N6O3/c1-19-13-12(14(23)20(2)15(19)24)21(9-18-13)8-11(22)7-16-6-10-4-3-5-17-10/h9,11,16,22H,3-8H2,1-2H3. The number of hydrogen-bond donors (Lipinski definition) is 2. The average molecular weight is 334 g/mol. The number of aliphatic hydroxyl groups excluding tert-OH is 1. The van der Waals surface area contributed by atoms with Gasteiger partial charge in [0.05, 0.1) is 19.0 Å². The molecule has 0 amide bonds. The fraction of sp³-hybridized carbons (Fsp3) is 0.600. The Balaban J connectivity index is 1.73. The summed E-state index contributed by atoms with van der Waals surface area (Å²) in [7, 11) is 3.00. The highest BCUT2D eigenvalue weighted by Crippen LogP contribution is 2.06. The zero-order valence-electron chi connectivity index (χ0n) is 13.9. The lowest BCUT2D eigenvalue weighted by Gasteiger charge is -2.13. The number of nitrogens with one attached hydrogen (secondary N) is 1. The maximum Gasteiger partial charge on any atom is 0.332 e. The number of aliphatic hydroxyl groups is 1. The summed E-state index contributed by atoms with van der Waals surface area (Å²) in [5.74, 6) is 0. The molecular formula is C15H22N6O3. The third-order valence-electron chi connectivity index (χ3n) is 4.29. The molecule has 2 aromatic heterocycles. The number of aryl methyl sites for hydroxylation is 1. The lowest BCUT2D eigenvalue weighted by molar-refractivity contribution is 0.154. The largest absolute Gasteiger partial charge is 0.390 e. The smallest absolute Gasteiger partial charge is 0.332 e. The van der Waals surface area contributed by atoms with Crippen LogP contribution < -0.4 is 16.6 Å². The van der Waals surface area contributed by atoms with E-state index in [9.17, 15) is 14.7 Å². The molecule has 0 saturated carbocycles. The zero-order valence-corrected chi connectivity index (χ0v) is 13.9. The minimum absolute atomic E-state index is 0.226. The first-order valence-electron chi connectivity index (χ1n) is 8.01. The second-order valence-corrected chi connectivity index (χ2v) is 6.11. The van der Waals surface area contributed by atoms with Crippen molar-refractivity contribution in [1.29, 1.82) is 0 Å². The molecule has 0 aliphatic carbocycles. The summed E-state index contributed by atoms with van der Waals surface area (Å²) in [6.45, 7) is 2.19. The van der Waals surface area contributed by atoms with Crippen molar-refractivity contribution in [2.24, 2.45) is 19.1 Å². The van der Waals surface area contributed by atoms with E-state index < -0.39 is 17.4 Å². The van der Waals surface area contributed by atoms with Crippen molar-refractivity contribution in [2.45, 2.75) is 25.5 Å². The summed E-state index contributed by atoms with van der Waals surface area (Å²) < 4.78 is 3.97. The molecule has 2 N–H and O–H groups in total. The van der Waals surface area contributed by atoms with Gasteiger partial charge in [-0.15, -0.1) is 0 Å². The quantitative estimate of drug-likeness (QED) is 0.677. The fourth-order valence-electron chi connectivity index (χ4n) is 2.95. The zero-order chi connectivity index (χ0) is 17.3. The first kappa shape index (κ1) is 16.6. The molecule has 9 nitrogen and oxygen atoms in total. The minimum atomic E-state index is -0.675. The van der Waals surface area contributed by atoms with Gasteiger partial charge in [-0.25, -0.2) is 9.78 Å². The number of imidazole rings is 1. The molecule has 130 valence electrons. The second kappa shape index (κ2) is 6.70. The van der Waals surface area contributed by atoms with Crippen molar-refractivity contribution < 1.29 is 5.11 Å². The molecule has 9 heteroatoms. The van der Waals surface area contributed by atoms with Gasteiger partial charge in [-0.05, 0) is 12.8 Å². The Bertz CT molecular complexity index is 891. The molecule has 0 radical (unpaired) electrons. The van der Waals surface area contributed by atoms with Crippen LogP contribution in [-0.2, 0) is 20.6 Å². The molecule has 2 aromatic rings. The van der Waals surface area contributed by atoms with Crippen LogP contribution in [0.15, 0.2) is 20.9 Å². The van der Waals surface area contributed by atoms with Gasteiger partial charge >= 0.3 is 5.69 Å². The lowest BCUT2D eigenvalue weighted by atomic mass is 10.2. The normalized spacial score (nSPS) is 15.9. The Morgan fingerprint density at radius 1 is 1.33 bits per heavy atom. The molecule has 1 unspecified atom stereocenters. The summed E-state index contributed by atoms with van der Waals surface area (Å²) in [5, 5.41) is 13.4. The van der Waals surface area contributed by atoms with E-state index in [-0.39, 0.29) is 6.54 Å². The summed E-state index contributed by atoms with van der Waals surface area (Å²) >= 11 is 0.